The molecular formula is C19H22N4O2S. The van der Waals surface area contributed by atoms with Crippen molar-refractivity contribution in [1.82, 2.24) is 15.6 Å². The molecule has 7 heteroatoms. The highest BCUT2D eigenvalue weighted by Crippen LogP contribution is 2.32. The summed E-state index contributed by atoms with van der Waals surface area (Å²) in [5.41, 5.74) is 3.07. The van der Waals surface area contributed by atoms with Gasteiger partial charge >= 0.3 is 6.03 Å². The lowest BCUT2D eigenvalue weighted by Gasteiger charge is -2.28. The molecule has 1 aliphatic rings. The minimum Gasteiger partial charge on any atom is -0.352 e. The molecule has 0 aliphatic carbocycles. The van der Waals surface area contributed by atoms with E-state index in [1.165, 1.54) is 0 Å². The summed E-state index contributed by atoms with van der Waals surface area (Å²) in [5, 5.41) is 6.58. The van der Waals surface area contributed by atoms with Gasteiger partial charge in [0.25, 0.3) is 0 Å². The van der Waals surface area contributed by atoms with Crippen LogP contribution in [0.1, 0.15) is 17.5 Å². The number of benzene rings is 1. The second-order valence-corrected chi connectivity index (χ2v) is 7.10. The van der Waals surface area contributed by atoms with Crippen LogP contribution >= 0.6 is 11.8 Å². The number of aromatic nitrogens is 1. The van der Waals surface area contributed by atoms with Gasteiger partial charge in [0.2, 0.25) is 5.91 Å². The van der Waals surface area contributed by atoms with Crippen LogP contribution in [0.2, 0.25) is 0 Å². The van der Waals surface area contributed by atoms with Crippen LogP contribution in [-0.2, 0) is 11.3 Å². The van der Waals surface area contributed by atoms with E-state index in [1.54, 1.807) is 22.9 Å². The summed E-state index contributed by atoms with van der Waals surface area (Å²) in [6, 6.07) is 11.5. The van der Waals surface area contributed by atoms with Gasteiger partial charge in [-0.1, -0.05) is 24.3 Å². The number of nitrogens with zero attached hydrogens (tertiary/aromatic N) is 2. The first-order chi connectivity index (χ1) is 12.6. The number of anilines is 1. The molecule has 0 bridgehead atoms. The highest BCUT2D eigenvalue weighted by atomic mass is 32.2. The lowest BCUT2D eigenvalue weighted by Crippen LogP contribution is -2.44. The lowest BCUT2D eigenvalue weighted by molar-refractivity contribution is -0.121. The summed E-state index contributed by atoms with van der Waals surface area (Å²) >= 11 is 1.65. The molecule has 136 valence electrons. The fraction of sp³-hybridized carbons (Fsp3) is 0.316. The molecule has 0 radical (unpaired) electrons. The van der Waals surface area contributed by atoms with Crippen molar-refractivity contribution < 1.29 is 9.59 Å². The van der Waals surface area contributed by atoms with E-state index in [9.17, 15) is 9.59 Å². The van der Waals surface area contributed by atoms with Crippen LogP contribution in [0.25, 0.3) is 0 Å². The van der Waals surface area contributed by atoms with E-state index >= 15 is 0 Å². The molecule has 2 aromatic rings. The lowest BCUT2D eigenvalue weighted by atomic mass is 10.1. The Morgan fingerprint density at radius 2 is 2.04 bits per heavy atom. The number of rotatable bonds is 5. The van der Waals surface area contributed by atoms with Gasteiger partial charge in [0, 0.05) is 38.0 Å². The Morgan fingerprint density at radius 3 is 2.88 bits per heavy atom. The molecule has 0 saturated carbocycles. The Kier molecular flexibility index (Phi) is 6.12. The van der Waals surface area contributed by atoms with Gasteiger partial charge in [-0.05, 0) is 30.2 Å². The maximum atomic E-state index is 12.4. The number of carbonyl (C=O) groups excluding carboxylic acids is 2. The highest BCUT2D eigenvalue weighted by Gasteiger charge is 2.23. The molecule has 0 unspecified atom stereocenters. The van der Waals surface area contributed by atoms with Crippen LogP contribution in [-0.4, -0.2) is 35.8 Å². The zero-order chi connectivity index (χ0) is 18.4. The average Bonchev–Trinajstić information content (AvgIpc) is 2.67. The predicted molar refractivity (Wildman–Crippen MR) is 103 cm³/mol. The molecule has 0 atom stereocenters. The van der Waals surface area contributed by atoms with Crippen LogP contribution in [0.5, 0.6) is 0 Å². The van der Waals surface area contributed by atoms with E-state index in [4.69, 9.17) is 0 Å². The summed E-state index contributed by atoms with van der Waals surface area (Å²) in [7, 11) is 0. The zero-order valence-corrected chi connectivity index (χ0v) is 15.5. The number of hydrogen-bond acceptors (Lipinski definition) is 4. The summed E-state index contributed by atoms with van der Waals surface area (Å²) in [4.78, 5) is 30.4. The Labute approximate surface area is 157 Å². The topological polar surface area (TPSA) is 74.3 Å². The Hall–Kier alpha value is -2.54. The first-order valence-electron chi connectivity index (χ1n) is 8.59. The van der Waals surface area contributed by atoms with Gasteiger partial charge in [-0.25, -0.2) is 9.78 Å². The molecule has 3 rings (SSSR count). The number of urea groups is 1. The van der Waals surface area contributed by atoms with Crippen molar-refractivity contribution in [2.45, 2.75) is 24.9 Å². The van der Waals surface area contributed by atoms with Crippen molar-refractivity contribution in [3.63, 3.8) is 0 Å². The monoisotopic (exact) mass is 370 g/mol. The summed E-state index contributed by atoms with van der Waals surface area (Å²) in [6.45, 7) is 3.46. The van der Waals surface area contributed by atoms with Gasteiger partial charge in [0.1, 0.15) is 5.03 Å². The van der Waals surface area contributed by atoms with Gasteiger partial charge in [-0.3, -0.25) is 9.69 Å². The predicted octanol–water partition coefficient (Wildman–Crippen LogP) is 2.72. The molecule has 0 fully saturated rings. The van der Waals surface area contributed by atoms with Crippen LogP contribution in [0.3, 0.4) is 0 Å². The minimum atomic E-state index is -0.189. The Bertz CT molecular complexity index is 797. The fourth-order valence-electron chi connectivity index (χ4n) is 2.73. The molecule has 1 aromatic carbocycles. The van der Waals surface area contributed by atoms with E-state index in [0.717, 1.165) is 27.6 Å². The van der Waals surface area contributed by atoms with Crippen molar-refractivity contribution in [1.29, 1.82) is 0 Å². The first-order valence-corrected chi connectivity index (χ1v) is 9.58. The van der Waals surface area contributed by atoms with E-state index in [2.05, 4.69) is 15.6 Å². The number of pyridine rings is 1. The normalized spacial score (nSPS) is 13.0. The molecule has 1 aromatic heterocycles. The van der Waals surface area contributed by atoms with Crippen LogP contribution in [0.15, 0.2) is 47.6 Å². The van der Waals surface area contributed by atoms with Gasteiger partial charge in [0.05, 0.1) is 5.69 Å². The van der Waals surface area contributed by atoms with E-state index in [-0.39, 0.29) is 18.4 Å². The highest BCUT2D eigenvalue weighted by molar-refractivity contribution is 7.99. The third-order valence-electron chi connectivity index (χ3n) is 4.21. The number of nitrogens with one attached hydrogen (secondary N) is 2. The zero-order valence-electron chi connectivity index (χ0n) is 14.7. The van der Waals surface area contributed by atoms with E-state index in [1.807, 2.05) is 43.3 Å². The number of carbonyl (C=O) groups is 2. The summed E-state index contributed by atoms with van der Waals surface area (Å²) in [6.07, 6.45) is 1.98. The van der Waals surface area contributed by atoms with Gasteiger partial charge in [-0.2, -0.15) is 0 Å². The van der Waals surface area contributed by atoms with Crippen molar-refractivity contribution in [2.24, 2.45) is 0 Å². The molecule has 2 N–H and O–H groups in total. The van der Waals surface area contributed by atoms with E-state index in [0.29, 0.717) is 19.6 Å². The maximum Gasteiger partial charge on any atom is 0.322 e. The number of fused-ring (bicyclic) bond motifs is 1. The van der Waals surface area contributed by atoms with Crippen molar-refractivity contribution in [3.05, 3.63) is 53.7 Å². The van der Waals surface area contributed by atoms with Gasteiger partial charge < -0.3 is 10.6 Å². The molecule has 1 aliphatic heterocycles. The number of aryl methyl sites for hydroxylation is 1. The second-order valence-electron chi connectivity index (χ2n) is 6.01. The SMILES string of the molecule is Cc1ccccc1CNC(=O)CCNC(=O)N1CCSc2ncccc21. The van der Waals surface area contributed by atoms with Crippen molar-refractivity contribution in [3.8, 4) is 0 Å². The van der Waals surface area contributed by atoms with Crippen LogP contribution in [0, 0.1) is 6.92 Å². The van der Waals surface area contributed by atoms with Gasteiger partial charge in [0.15, 0.2) is 0 Å². The average molecular weight is 370 g/mol. The first kappa shape index (κ1) is 18.3. The standard InChI is InChI=1S/C19H22N4O2S/c1-14-5-2-3-6-15(14)13-22-17(24)8-10-21-19(25)23-11-12-26-18-16(23)7-4-9-20-18/h2-7,9H,8,10-13H2,1H3,(H,21,25)(H,22,24). The maximum absolute atomic E-state index is 12.4. The summed E-state index contributed by atoms with van der Waals surface area (Å²) in [5.74, 6) is 0.735. The molecule has 0 saturated heterocycles. The number of amides is 3. The van der Waals surface area contributed by atoms with Crippen LogP contribution < -0.4 is 15.5 Å². The third kappa shape index (κ3) is 4.54. The molecule has 26 heavy (non-hydrogen) atoms. The summed E-state index contributed by atoms with van der Waals surface area (Å²) < 4.78 is 0. The minimum absolute atomic E-state index is 0.0789. The Balaban J connectivity index is 1.44. The van der Waals surface area contributed by atoms with Gasteiger partial charge in [-0.15, -0.1) is 11.8 Å². The molecule has 0 spiro atoms. The largest absolute Gasteiger partial charge is 0.352 e. The number of thioether (sulfide) groups is 1. The van der Waals surface area contributed by atoms with Crippen molar-refractivity contribution >= 4 is 29.4 Å². The molecule has 6 nitrogen and oxygen atoms in total. The smallest absolute Gasteiger partial charge is 0.322 e. The Morgan fingerprint density at radius 1 is 1.19 bits per heavy atom. The van der Waals surface area contributed by atoms with Crippen LogP contribution in [0.4, 0.5) is 10.5 Å². The van der Waals surface area contributed by atoms with Crippen molar-refractivity contribution in [2.75, 3.05) is 23.7 Å². The number of hydrogen-bond donors (Lipinski definition) is 2. The quantitative estimate of drug-likeness (QED) is 0.849. The fourth-order valence-corrected chi connectivity index (χ4v) is 3.66. The molecule has 2 heterocycles. The molecule has 3 amide bonds. The second kappa shape index (κ2) is 8.71. The van der Waals surface area contributed by atoms with E-state index < -0.39 is 0 Å². The molecular weight excluding hydrogens is 348 g/mol. The third-order valence-corrected chi connectivity index (χ3v) is 5.18.